The van der Waals surface area contributed by atoms with E-state index in [1.165, 1.54) is 6.07 Å². The molecular weight excluding hydrogens is 270 g/mol. The summed E-state index contributed by atoms with van der Waals surface area (Å²) in [5.41, 5.74) is 0.662. The van der Waals surface area contributed by atoms with Gasteiger partial charge in [-0.25, -0.2) is 0 Å². The van der Waals surface area contributed by atoms with Gasteiger partial charge < -0.3 is 4.74 Å². The summed E-state index contributed by atoms with van der Waals surface area (Å²) in [6.07, 6.45) is 2.05. The van der Waals surface area contributed by atoms with Gasteiger partial charge in [-0.15, -0.1) is 0 Å². The monoisotopic (exact) mass is 289 g/mol. The number of likely N-dealkylation sites (N-methyl/N-ethyl adjacent to an activating group) is 1. The van der Waals surface area contributed by atoms with Gasteiger partial charge in [0.2, 0.25) is 0 Å². The topological polar surface area (TPSA) is 88.2 Å². The van der Waals surface area contributed by atoms with Crippen molar-refractivity contribution in [3.05, 3.63) is 33.4 Å². The van der Waals surface area contributed by atoms with Gasteiger partial charge in [-0.1, -0.05) is 0 Å². The average molecular weight is 289 g/mol. The molecule has 1 unspecified atom stereocenters. The third-order valence-electron chi connectivity index (χ3n) is 4.07. The second-order valence-corrected chi connectivity index (χ2v) is 5.56. The number of nitro groups is 1. The number of nitriles is 1. The minimum atomic E-state index is -0.678. The zero-order valence-electron chi connectivity index (χ0n) is 12.5. The Hall–Kier alpha value is -2.13. The van der Waals surface area contributed by atoms with E-state index < -0.39 is 10.5 Å². The molecule has 2 rings (SSSR count). The van der Waals surface area contributed by atoms with Crippen LogP contribution < -0.4 is 10.1 Å². The predicted molar refractivity (Wildman–Crippen MR) is 78.2 cm³/mol. The van der Waals surface area contributed by atoms with Crippen molar-refractivity contribution < 1.29 is 9.66 Å². The first kappa shape index (κ1) is 15.3. The fraction of sp³-hybridized carbons (Fsp3) is 0.533. The standard InChI is InChI=1S/C15H19N3O3/c1-10-7-14(11(2)6-13(10)18(19)20)21-9-15(8-16,17-3)12-4-5-12/h6-7,12,17H,4-5,9H2,1-3H3. The van der Waals surface area contributed by atoms with Gasteiger partial charge in [-0.3, -0.25) is 15.4 Å². The molecular formula is C15H19N3O3. The highest BCUT2D eigenvalue weighted by atomic mass is 16.6. The van der Waals surface area contributed by atoms with E-state index in [1.807, 2.05) is 0 Å². The molecule has 1 aromatic rings. The van der Waals surface area contributed by atoms with Gasteiger partial charge in [-0.2, -0.15) is 5.26 Å². The fourth-order valence-corrected chi connectivity index (χ4v) is 2.47. The van der Waals surface area contributed by atoms with Crippen molar-refractivity contribution in [2.24, 2.45) is 5.92 Å². The normalized spacial score (nSPS) is 16.9. The van der Waals surface area contributed by atoms with Crippen LogP contribution in [0.1, 0.15) is 24.0 Å². The Kier molecular flexibility index (Phi) is 4.14. The van der Waals surface area contributed by atoms with Crippen LogP contribution in [0.5, 0.6) is 5.75 Å². The average Bonchev–Trinajstić information content (AvgIpc) is 3.28. The summed E-state index contributed by atoms with van der Waals surface area (Å²) in [4.78, 5) is 10.5. The first-order chi connectivity index (χ1) is 9.93. The SMILES string of the molecule is CNC(C#N)(COc1cc(C)c([N+](=O)[O-])cc1C)C1CC1. The molecule has 0 aromatic heterocycles. The molecule has 0 heterocycles. The highest BCUT2D eigenvalue weighted by Gasteiger charge is 2.45. The molecule has 1 saturated carbocycles. The van der Waals surface area contributed by atoms with Crippen molar-refractivity contribution in [3.8, 4) is 11.8 Å². The summed E-state index contributed by atoms with van der Waals surface area (Å²) >= 11 is 0. The zero-order valence-corrected chi connectivity index (χ0v) is 12.5. The van der Waals surface area contributed by atoms with Crippen molar-refractivity contribution >= 4 is 5.69 Å². The van der Waals surface area contributed by atoms with Gasteiger partial charge in [-0.05, 0) is 51.3 Å². The van der Waals surface area contributed by atoms with Crippen molar-refractivity contribution in [1.29, 1.82) is 5.26 Å². The number of aryl methyl sites for hydroxylation is 2. The summed E-state index contributed by atoms with van der Waals surface area (Å²) in [7, 11) is 1.76. The number of nitro benzene ring substituents is 1. The molecule has 0 amide bonds. The van der Waals surface area contributed by atoms with Crippen LogP contribution in [-0.2, 0) is 0 Å². The molecule has 0 bridgehead atoms. The van der Waals surface area contributed by atoms with Crippen LogP contribution >= 0.6 is 0 Å². The maximum atomic E-state index is 10.9. The van der Waals surface area contributed by atoms with Gasteiger partial charge >= 0.3 is 0 Å². The molecule has 1 aromatic carbocycles. The lowest BCUT2D eigenvalue weighted by molar-refractivity contribution is -0.385. The first-order valence-electron chi connectivity index (χ1n) is 6.92. The molecule has 1 N–H and O–H groups in total. The first-order valence-corrected chi connectivity index (χ1v) is 6.92. The molecule has 1 fully saturated rings. The molecule has 6 heteroatoms. The lowest BCUT2D eigenvalue weighted by Gasteiger charge is -2.26. The summed E-state index contributed by atoms with van der Waals surface area (Å²) in [5.74, 6) is 0.903. The molecule has 0 aliphatic heterocycles. The van der Waals surface area contributed by atoms with Gasteiger partial charge in [0.15, 0.2) is 0 Å². The van der Waals surface area contributed by atoms with Crippen LogP contribution in [0, 0.1) is 41.2 Å². The number of benzene rings is 1. The van der Waals surface area contributed by atoms with Crippen LogP contribution in [0.15, 0.2) is 12.1 Å². The van der Waals surface area contributed by atoms with Crippen LogP contribution in [0.4, 0.5) is 5.69 Å². The van der Waals surface area contributed by atoms with E-state index in [0.29, 0.717) is 22.8 Å². The minimum absolute atomic E-state index is 0.0854. The largest absolute Gasteiger partial charge is 0.490 e. The minimum Gasteiger partial charge on any atom is -0.490 e. The Morgan fingerprint density at radius 2 is 2.14 bits per heavy atom. The lowest BCUT2D eigenvalue weighted by Crippen LogP contribution is -2.49. The van der Waals surface area contributed by atoms with Gasteiger partial charge in [0, 0.05) is 11.6 Å². The Labute approximate surface area is 123 Å². The molecule has 0 radical (unpaired) electrons. The lowest BCUT2D eigenvalue weighted by atomic mass is 9.96. The molecule has 112 valence electrons. The van der Waals surface area contributed by atoms with Crippen LogP contribution in [0.25, 0.3) is 0 Å². The van der Waals surface area contributed by atoms with Crippen molar-refractivity contribution in [2.45, 2.75) is 32.2 Å². The number of hydrogen-bond acceptors (Lipinski definition) is 5. The van der Waals surface area contributed by atoms with Gasteiger partial charge in [0.25, 0.3) is 5.69 Å². The quantitative estimate of drug-likeness (QED) is 0.642. The van der Waals surface area contributed by atoms with Crippen LogP contribution in [0.3, 0.4) is 0 Å². The molecule has 1 aliphatic carbocycles. The fourth-order valence-electron chi connectivity index (χ4n) is 2.47. The second-order valence-electron chi connectivity index (χ2n) is 5.56. The molecule has 1 aliphatic rings. The van der Waals surface area contributed by atoms with E-state index in [-0.39, 0.29) is 12.3 Å². The van der Waals surface area contributed by atoms with E-state index in [2.05, 4.69) is 11.4 Å². The second kappa shape index (κ2) is 5.70. The number of hydrogen-bond donors (Lipinski definition) is 1. The number of nitrogens with one attached hydrogen (secondary N) is 1. The van der Waals surface area contributed by atoms with E-state index >= 15 is 0 Å². The van der Waals surface area contributed by atoms with Gasteiger partial charge in [0.05, 0.1) is 11.0 Å². The highest BCUT2D eigenvalue weighted by molar-refractivity contribution is 5.49. The number of ether oxygens (including phenoxy) is 1. The third-order valence-corrected chi connectivity index (χ3v) is 4.07. The Morgan fingerprint density at radius 1 is 1.48 bits per heavy atom. The van der Waals surface area contributed by atoms with Crippen molar-refractivity contribution in [3.63, 3.8) is 0 Å². The predicted octanol–water partition coefficient (Wildman–Crippen LogP) is 2.48. The maximum absolute atomic E-state index is 10.9. The smallest absolute Gasteiger partial charge is 0.272 e. The molecule has 0 saturated heterocycles. The van der Waals surface area contributed by atoms with E-state index in [4.69, 9.17) is 4.74 Å². The van der Waals surface area contributed by atoms with E-state index in [1.54, 1.807) is 27.0 Å². The van der Waals surface area contributed by atoms with Crippen molar-refractivity contribution in [2.75, 3.05) is 13.7 Å². The summed E-state index contributed by atoms with van der Waals surface area (Å²) < 4.78 is 5.79. The highest BCUT2D eigenvalue weighted by Crippen LogP contribution is 2.40. The summed E-state index contributed by atoms with van der Waals surface area (Å²) in [6.45, 7) is 3.69. The zero-order chi connectivity index (χ0) is 15.6. The van der Waals surface area contributed by atoms with Crippen LogP contribution in [-0.4, -0.2) is 24.1 Å². The molecule has 21 heavy (non-hydrogen) atoms. The van der Waals surface area contributed by atoms with Crippen molar-refractivity contribution in [1.82, 2.24) is 5.32 Å². The summed E-state index contributed by atoms with van der Waals surface area (Å²) in [6, 6.07) is 5.49. The Bertz CT molecular complexity index is 605. The van der Waals surface area contributed by atoms with Crippen LogP contribution in [0.2, 0.25) is 0 Å². The summed E-state index contributed by atoms with van der Waals surface area (Å²) in [5, 5.41) is 23.4. The molecule has 6 nitrogen and oxygen atoms in total. The molecule has 0 spiro atoms. The van der Waals surface area contributed by atoms with E-state index in [0.717, 1.165) is 12.8 Å². The maximum Gasteiger partial charge on any atom is 0.272 e. The molecule has 1 atom stereocenters. The van der Waals surface area contributed by atoms with Gasteiger partial charge in [0.1, 0.15) is 17.9 Å². The van der Waals surface area contributed by atoms with E-state index in [9.17, 15) is 15.4 Å². The third kappa shape index (κ3) is 2.98. The Morgan fingerprint density at radius 3 is 2.62 bits per heavy atom. The number of nitrogens with zero attached hydrogens (tertiary/aromatic N) is 2. The Balaban J connectivity index is 2.19. The number of rotatable bonds is 6.